The van der Waals surface area contributed by atoms with E-state index in [-0.39, 0.29) is 41.3 Å². The Morgan fingerprint density at radius 2 is 1.56 bits per heavy atom. The predicted octanol–water partition coefficient (Wildman–Crippen LogP) is 4.19. The molecule has 0 radical (unpaired) electrons. The minimum absolute atomic E-state index is 0.0211. The molecule has 0 saturated heterocycles. The fourth-order valence-corrected chi connectivity index (χ4v) is 4.22. The topological polar surface area (TPSA) is 162 Å². The molecule has 0 aliphatic rings. The molecule has 0 aliphatic heterocycles. The summed E-state index contributed by atoms with van der Waals surface area (Å²) in [5, 5.41) is 27.6. The van der Waals surface area contributed by atoms with Gasteiger partial charge in [-0.05, 0) is 37.1 Å². The van der Waals surface area contributed by atoms with Crippen LogP contribution in [0, 0.1) is 0 Å². The Hall–Kier alpha value is -5.00. The first-order valence-electron chi connectivity index (χ1n) is 12.3. The van der Waals surface area contributed by atoms with Crippen molar-refractivity contribution in [3.05, 3.63) is 70.4 Å². The van der Waals surface area contributed by atoms with Gasteiger partial charge in [-0.1, -0.05) is 25.5 Å². The summed E-state index contributed by atoms with van der Waals surface area (Å²) in [6.07, 6.45) is 3.83. The van der Waals surface area contributed by atoms with Gasteiger partial charge in [0.05, 0.1) is 25.3 Å². The van der Waals surface area contributed by atoms with Crippen molar-refractivity contribution in [2.45, 2.75) is 32.6 Å². The molecule has 2 N–H and O–H groups in total. The summed E-state index contributed by atoms with van der Waals surface area (Å²) < 4.78 is 22.6. The third kappa shape index (κ3) is 5.08. The van der Waals surface area contributed by atoms with Crippen molar-refractivity contribution in [1.29, 1.82) is 0 Å². The van der Waals surface area contributed by atoms with E-state index in [1.165, 1.54) is 14.2 Å². The maximum absolute atomic E-state index is 13.2. The van der Waals surface area contributed by atoms with E-state index in [4.69, 9.17) is 18.3 Å². The number of aryl methyl sites for hydroxylation is 1. The van der Waals surface area contributed by atoms with Crippen molar-refractivity contribution in [1.82, 2.24) is 30.4 Å². The molecule has 0 unspecified atom stereocenters. The van der Waals surface area contributed by atoms with Crippen LogP contribution in [-0.2, 0) is 12.8 Å². The number of benzene rings is 1. The molecule has 0 spiro atoms. The second-order valence-corrected chi connectivity index (χ2v) is 8.57. The second kappa shape index (κ2) is 11.2. The number of aromatic hydroxyl groups is 1. The van der Waals surface area contributed by atoms with E-state index in [0.717, 1.165) is 12.8 Å². The van der Waals surface area contributed by atoms with Crippen LogP contribution >= 0.6 is 0 Å². The molecule has 0 fully saturated rings. The summed E-state index contributed by atoms with van der Waals surface area (Å²) in [7, 11) is 3.05. The highest BCUT2D eigenvalue weighted by atomic mass is 16.5. The van der Waals surface area contributed by atoms with E-state index in [2.05, 4.69) is 30.4 Å². The smallest absolute Gasteiger partial charge is 0.266 e. The number of ether oxygens (including phenoxy) is 2. The second-order valence-electron chi connectivity index (χ2n) is 8.57. The number of pyridine rings is 2. The molecule has 0 atom stereocenters. The maximum atomic E-state index is 13.2. The van der Waals surface area contributed by atoms with Crippen molar-refractivity contribution in [3.8, 4) is 51.4 Å². The highest BCUT2D eigenvalue weighted by Gasteiger charge is 2.27. The molecule has 5 rings (SSSR count). The Balaban J connectivity index is 1.55. The lowest BCUT2D eigenvalue weighted by Gasteiger charge is -2.18. The molecule has 0 bridgehead atoms. The lowest BCUT2D eigenvalue weighted by atomic mass is 9.96. The van der Waals surface area contributed by atoms with E-state index in [0.29, 0.717) is 40.4 Å². The zero-order valence-corrected chi connectivity index (χ0v) is 21.6. The first kappa shape index (κ1) is 25.6. The monoisotopic (exact) mass is 530 g/mol. The van der Waals surface area contributed by atoms with Crippen LogP contribution in [0.1, 0.15) is 37.2 Å². The number of nitrogens with zero attached hydrogens (tertiary/aromatic N) is 5. The quantitative estimate of drug-likeness (QED) is 0.266. The standard InChI is InChI=1S/C27H26N6O6/c1-4-5-9-15-21(22-17(36-2)11-8-12-18(22)37-3)24(34)23(25(35)29-15)27-33-31-20(39-27)14-19-30-32-26(38-19)16-10-6-7-13-28-16/h6-8,10-13H,4-5,9,14H2,1-3H3,(H2,29,34,35). The van der Waals surface area contributed by atoms with Gasteiger partial charge in [0.25, 0.3) is 17.3 Å². The summed E-state index contributed by atoms with van der Waals surface area (Å²) >= 11 is 0. The number of H-pyrrole nitrogens is 1. The van der Waals surface area contributed by atoms with Crippen LogP contribution in [0.2, 0.25) is 0 Å². The molecule has 4 heterocycles. The van der Waals surface area contributed by atoms with Gasteiger partial charge in [-0.3, -0.25) is 9.78 Å². The molecule has 200 valence electrons. The number of unbranched alkanes of at least 4 members (excludes halogenated alkanes) is 1. The highest BCUT2D eigenvalue weighted by molar-refractivity contribution is 5.87. The number of hydrogen-bond donors (Lipinski definition) is 2. The molecule has 0 saturated carbocycles. The average molecular weight is 531 g/mol. The normalized spacial score (nSPS) is 11.1. The Kier molecular flexibility index (Phi) is 7.34. The minimum Gasteiger partial charge on any atom is -0.506 e. The van der Waals surface area contributed by atoms with Gasteiger partial charge in [-0.25, -0.2) is 0 Å². The van der Waals surface area contributed by atoms with Crippen molar-refractivity contribution in [3.63, 3.8) is 0 Å². The molecule has 1 aromatic carbocycles. The molecule has 0 amide bonds. The zero-order chi connectivity index (χ0) is 27.4. The minimum atomic E-state index is -0.568. The van der Waals surface area contributed by atoms with Gasteiger partial charge in [0.15, 0.2) is 0 Å². The van der Waals surface area contributed by atoms with Crippen molar-refractivity contribution in [2.75, 3.05) is 14.2 Å². The van der Waals surface area contributed by atoms with E-state index >= 15 is 0 Å². The van der Waals surface area contributed by atoms with Crippen molar-refractivity contribution >= 4 is 0 Å². The summed E-state index contributed by atoms with van der Waals surface area (Å²) in [4.78, 5) is 20.3. The molecule has 12 nitrogen and oxygen atoms in total. The number of methoxy groups -OCH3 is 2. The van der Waals surface area contributed by atoms with Crippen LogP contribution in [-0.4, -0.2) is 49.7 Å². The molecule has 39 heavy (non-hydrogen) atoms. The average Bonchev–Trinajstić information content (AvgIpc) is 3.62. The summed E-state index contributed by atoms with van der Waals surface area (Å²) in [5.74, 6) is 1.03. The lowest BCUT2D eigenvalue weighted by Crippen LogP contribution is -2.14. The number of rotatable bonds is 10. The van der Waals surface area contributed by atoms with Crippen molar-refractivity contribution < 1.29 is 23.4 Å². The largest absolute Gasteiger partial charge is 0.506 e. The van der Waals surface area contributed by atoms with Crippen LogP contribution < -0.4 is 15.0 Å². The molecule has 4 aromatic heterocycles. The van der Waals surface area contributed by atoms with Gasteiger partial charge in [0.1, 0.15) is 34.9 Å². The first-order chi connectivity index (χ1) is 19.0. The fourth-order valence-electron chi connectivity index (χ4n) is 4.22. The van der Waals surface area contributed by atoms with Gasteiger partial charge in [-0.15, -0.1) is 20.4 Å². The zero-order valence-electron chi connectivity index (χ0n) is 21.6. The Bertz CT molecular complexity index is 1620. The molecular weight excluding hydrogens is 504 g/mol. The number of aromatic nitrogens is 6. The SMILES string of the molecule is CCCCc1[nH]c(=O)c(-c2nnc(Cc3nnc(-c4ccccn4)o3)o2)c(O)c1-c1c(OC)cccc1OC. The van der Waals surface area contributed by atoms with Crippen LogP contribution in [0.5, 0.6) is 17.2 Å². The van der Waals surface area contributed by atoms with Gasteiger partial charge in [-0.2, -0.15) is 0 Å². The maximum Gasteiger partial charge on any atom is 0.266 e. The van der Waals surface area contributed by atoms with E-state index in [9.17, 15) is 9.90 Å². The van der Waals surface area contributed by atoms with E-state index in [1.807, 2.05) is 13.0 Å². The van der Waals surface area contributed by atoms with Gasteiger partial charge in [0.2, 0.25) is 11.8 Å². The Labute approximate surface area is 222 Å². The summed E-state index contributed by atoms with van der Waals surface area (Å²) in [6, 6.07) is 10.6. The number of aromatic amines is 1. The third-order valence-electron chi connectivity index (χ3n) is 6.06. The van der Waals surface area contributed by atoms with E-state index < -0.39 is 5.56 Å². The van der Waals surface area contributed by atoms with E-state index in [1.54, 1.807) is 36.5 Å². The first-order valence-corrected chi connectivity index (χ1v) is 12.3. The predicted molar refractivity (Wildman–Crippen MR) is 140 cm³/mol. The Morgan fingerprint density at radius 1 is 0.872 bits per heavy atom. The van der Waals surface area contributed by atoms with Crippen molar-refractivity contribution in [2.24, 2.45) is 0 Å². The summed E-state index contributed by atoms with van der Waals surface area (Å²) in [6.45, 7) is 2.04. The van der Waals surface area contributed by atoms with Gasteiger partial charge >= 0.3 is 0 Å². The molecule has 0 aliphatic carbocycles. The van der Waals surface area contributed by atoms with Gasteiger partial charge < -0.3 is 28.4 Å². The van der Waals surface area contributed by atoms with Gasteiger partial charge in [0, 0.05) is 11.9 Å². The highest BCUT2D eigenvalue weighted by Crippen LogP contribution is 2.46. The summed E-state index contributed by atoms with van der Waals surface area (Å²) in [5.41, 5.74) is 1.19. The molecule has 12 heteroatoms. The number of nitrogens with one attached hydrogen (secondary N) is 1. The number of hydrogen-bond acceptors (Lipinski definition) is 11. The third-order valence-corrected chi connectivity index (χ3v) is 6.06. The molecule has 5 aromatic rings. The van der Waals surface area contributed by atoms with Crippen LogP contribution in [0.4, 0.5) is 0 Å². The van der Waals surface area contributed by atoms with Crippen LogP contribution in [0.25, 0.3) is 34.2 Å². The Morgan fingerprint density at radius 3 is 2.21 bits per heavy atom. The molecular formula is C27H26N6O6. The lowest BCUT2D eigenvalue weighted by molar-refractivity contribution is 0.396. The van der Waals surface area contributed by atoms with Crippen LogP contribution in [0.15, 0.2) is 56.2 Å². The van der Waals surface area contributed by atoms with Crippen LogP contribution in [0.3, 0.4) is 0 Å². The fraction of sp³-hybridized carbons (Fsp3) is 0.259.